The highest BCUT2D eigenvalue weighted by molar-refractivity contribution is 9.10. The number of aryl methyl sites for hydroxylation is 1. The quantitative estimate of drug-likeness (QED) is 0.903. The van der Waals surface area contributed by atoms with Gasteiger partial charge in [-0.2, -0.15) is 0 Å². The molecule has 1 aliphatic rings. The van der Waals surface area contributed by atoms with E-state index in [9.17, 15) is 0 Å². The molecule has 4 heteroatoms. The third-order valence-corrected chi connectivity index (χ3v) is 4.08. The third-order valence-electron chi connectivity index (χ3n) is 3.30. The molecular weight excluding hydrogens is 294 g/mol. The van der Waals surface area contributed by atoms with Crippen molar-refractivity contribution in [3.8, 4) is 0 Å². The van der Waals surface area contributed by atoms with Crippen molar-refractivity contribution in [3.63, 3.8) is 0 Å². The monoisotopic (exact) mass is 313 g/mol. The number of aliphatic hydroxyl groups is 1. The summed E-state index contributed by atoms with van der Waals surface area (Å²) < 4.78 is 6.64. The van der Waals surface area contributed by atoms with Crippen molar-refractivity contribution in [1.82, 2.24) is 4.90 Å². The van der Waals surface area contributed by atoms with Crippen molar-refractivity contribution in [3.05, 3.63) is 34.3 Å². The van der Waals surface area contributed by atoms with Crippen LogP contribution < -0.4 is 0 Å². The molecule has 0 aliphatic carbocycles. The summed E-state index contributed by atoms with van der Waals surface area (Å²) in [5.74, 6) is 0. The molecule has 1 aromatic carbocycles. The minimum Gasteiger partial charge on any atom is -0.394 e. The summed E-state index contributed by atoms with van der Waals surface area (Å²) in [6.07, 6.45) is 2.23. The first kappa shape index (κ1) is 14.0. The van der Waals surface area contributed by atoms with Crippen LogP contribution in [0.2, 0.25) is 0 Å². The largest absolute Gasteiger partial charge is 0.394 e. The lowest BCUT2D eigenvalue weighted by molar-refractivity contribution is -0.0527. The van der Waals surface area contributed by atoms with Gasteiger partial charge in [-0.3, -0.25) is 4.90 Å². The molecular formula is C14H20BrNO2. The van der Waals surface area contributed by atoms with Crippen LogP contribution in [0.4, 0.5) is 0 Å². The van der Waals surface area contributed by atoms with Gasteiger partial charge >= 0.3 is 0 Å². The Morgan fingerprint density at radius 1 is 1.39 bits per heavy atom. The molecule has 18 heavy (non-hydrogen) atoms. The zero-order valence-electron chi connectivity index (χ0n) is 10.5. The summed E-state index contributed by atoms with van der Waals surface area (Å²) in [6.45, 7) is 3.76. The van der Waals surface area contributed by atoms with Crippen molar-refractivity contribution in [1.29, 1.82) is 0 Å². The highest BCUT2D eigenvalue weighted by Gasteiger charge is 2.18. The second kappa shape index (κ2) is 7.24. The molecule has 0 aromatic heterocycles. The average Bonchev–Trinajstić information content (AvgIpc) is 2.41. The molecule has 0 spiro atoms. The van der Waals surface area contributed by atoms with E-state index in [4.69, 9.17) is 9.84 Å². The third kappa shape index (κ3) is 4.05. The number of rotatable bonds is 5. The topological polar surface area (TPSA) is 32.7 Å². The zero-order valence-corrected chi connectivity index (χ0v) is 12.1. The van der Waals surface area contributed by atoms with Crippen LogP contribution in [0.3, 0.4) is 0 Å². The fraction of sp³-hybridized carbons (Fsp3) is 0.571. The van der Waals surface area contributed by atoms with Crippen molar-refractivity contribution in [2.45, 2.75) is 18.9 Å². The van der Waals surface area contributed by atoms with Crippen LogP contribution in [0.25, 0.3) is 0 Å². The Morgan fingerprint density at radius 3 is 3.00 bits per heavy atom. The minimum absolute atomic E-state index is 0.00205. The highest BCUT2D eigenvalue weighted by atomic mass is 79.9. The Morgan fingerprint density at radius 2 is 2.22 bits per heavy atom. The number of benzene rings is 1. The van der Waals surface area contributed by atoms with E-state index in [2.05, 4.69) is 39.0 Å². The number of aliphatic hydroxyl groups excluding tert-OH is 1. The molecule has 1 aromatic rings. The van der Waals surface area contributed by atoms with Gasteiger partial charge in [0, 0.05) is 17.6 Å². The van der Waals surface area contributed by atoms with E-state index in [1.165, 1.54) is 10.0 Å². The minimum atomic E-state index is 0.00205. The average molecular weight is 314 g/mol. The number of hydrogen-bond donors (Lipinski definition) is 1. The molecule has 0 saturated carbocycles. The van der Waals surface area contributed by atoms with E-state index in [-0.39, 0.29) is 12.7 Å². The van der Waals surface area contributed by atoms with Crippen molar-refractivity contribution >= 4 is 15.9 Å². The fourth-order valence-corrected chi connectivity index (χ4v) is 2.77. The molecule has 1 aliphatic heterocycles. The van der Waals surface area contributed by atoms with E-state index in [1.54, 1.807) is 0 Å². The Hall–Kier alpha value is -0.420. The van der Waals surface area contributed by atoms with Gasteiger partial charge in [0.05, 0.1) is 19.3 Å². The van der Waals surface area contributed by atoms with E-state index >= 15 is 0 Å². The van der Waals surface area contributed by atoms with E-state index in [0.29, 0.717) is 0 Å². The van der Waals surface area contributed by atoms with Crippen LogP contribution in [0, 0.1) is 0 Å². The second-order valence-corrected chi connectivity index (χ2v) is 5.53. The lowest BCUT2D eigenvalue weighted by Gasteiger charge is -2.31. The molecule has 0 bridgehead atoms. The molecule has 100 valence electrons. The molecule has 1 fully saturated rings. The SMILES string of the molecule is OC[C@@H]1CN(CCCc2ccccc2Br)CCO1. The summed E-state index contributed by atoms with van der Waals surface area (Å²) in [5, 5.41) is 9.09. The van der Waals surface area contributed by atoms with Gasteiger partial charge in [-0.25, -0.2) is 0 Å². The summed E-state index contributed by atoms with van der Waals surface area (Å²) >= 11 is 3.58. The van der Waals surface area contributed by atoms with Gasteiger partial charge in [-0.15, -0.1) is 0 Å². The summed E-state index contributed by atoms with van der Waals surface area (Å²) in [7, 11) is 0. The van der Waals surface area contributed by atoms with Crippen LogP contribution in [0.1, 0.15) is 12.0 Å². The standard InChI is InChI=1S/C14H20BrNO2/c15-14-6-2-1-4-12(14)5-3-7-16-8-9-18-13(10-16)11-17/h1-2,4,6,13,17H,3,5,7-11H2/t13-/m0/s1. The Kier molecular flexibility index (Phi) is 5.63. The van der Waals surface area contributed by atoms with Gasteiger partial charge in [0.25, 0.3) is 0 Å². The maximum atomic E-state index is 9.09. The lowest BCUT2D eigenvalue weighted by Crippen LogP contribution is -2.44. The predicted octanol–water partition coefficient (Wildman–Crippen LogP) is 2.07. The first-order valence-corrected chi connectivity index (χ1v) is 7.27. The summed E-state index contributed by atoms with van der Waals surface area (Å²) in [5.41, 5.74) is 1.37. The fourth-order valence-electron chi connectivity index (χ4n) is 2.29. The Bertz CT molecular complexity index is 373. The predicted molar refractivity (Wildman–Crippen MR) is 75.7 cm³/mol. The molecule has 2 rings (SSSR count). The molecule has 1 heterocycles. The number of ether oxygens (including phenoxy) is 1. The molecule has 0 amide bonds. The molecule has 1 saturated heterocycles. The van der Waals surface area contributed by atoms with Crippen LogP contribution in [0.5, 0.6) is 0 Å². The van der Waals surface area contributed by atoms with E-state index in [1.807, 2.05) is 6.07 Å². The Labute approximate surface area is 117 Å². The summed E-state index contributed by atoms with van der Waals surface area (Å²) in [4.78, 5) is 2.38. The van der Waals surface area contributed by atoms with Gasteiger partial charge in [-0.05, 0) is 31.0 Å². The first-order chi connectivity index (χ1) is 8.79. The van der Waals surface area contributed by atoms with Crippen molar-refractivity contribution < 1.29 is 9.84 Å². The number of morpholine rings is 1. The zero-order chi connectivity index (χ0) is 12.8. The second-order valence-electron chi connectivity index (χ2n) is 4.67. The maximum absolute atomic E-state index is 9.09. The van der Waals surface area contributed by atoms with Crippen LogP contribution in [-0.2, 0) is 11.2 Å². The van der Waals surface area contributed by atoms with Crippen molar-refractivity contribution in [2.24, 2.45) is 0 Å². The van der Waals surface area contributed by atoms with Crippen LogP contribution in [0.15, 0.2) is 28.7 Å². The smallest absolute Gasteiger partial charge is 0.0932 e. The van der Waals surface area contributed by atoms with Gasteiger partial charge < -0.3 is 9.84 Å². The van der Waals surface area contributed by atoms with Crippen LogP contribution in [-0.4, -0.2) is 49.0 Å². The van der Waals surface area contributed by atoms with E-state index < -0.39 is 0 Å². The molecule has 0 radical (unpaired) electrons. The number of halogens is 1. The van der Waals surface area contributed by atoms with Gasteiger partial charge in [0.1, 0.15) is 0 Å². The number of hydrogen-bond acceptors (Lipinski definition) is 3. The highest BCUT2D eigenvalue weighted by Crippen LogP contribution is 2.17. The molecule has 3 nitrogen and oxygen atoms in total. The summed E-state index contributed by atoms with van der Waals surface area (Å²) in [6, 6.07) is 8.38. The Balaban J connectivity index is 1.73. The van der Waals surface area contributed by atoms with Gasteiger partial charge in [-0.1, -0.05) is 34.1 Å². The molecule has 1 N–H and O–H groups in total. The molecule has 1 atom stereocenters. The lowest BCUT2D eigenvalue weighted by atomic mass is 10.1. The maximum Gasteiger partial charge on any atom is 0.0932 e. The van der Waals surface area contributed by atoms with Crippen LogP contribution >= 0.6 is 15.9 Å². The molecule has 0 unspecified atom stereocenters. The van der Waals surface area contributed by atoms with Gasteiger partial charge in [0.2, 0.25) is 0 Å². The normalized spacial score (nSPS) is 21.1. The van der Waals surface area contributed by atoms with E-state index in [0.717, 1.165) is 39.1 Å². The number of nitrogens with zero attached hydrogens (tertiary/aromatic N) is 1. The first-order valence-electron chi connectivity index (χ1n) is 6.48. The van der Waals surface area contributed by atoms with Crippen molar-refractivity contribution in [2.75, 3.05) is 32.8 Å². The van der Waals surface area contributed by atoms with Gasteiger partial charge in [0.15, 0.2) is 0 Å².